The molecule has 0 saturated heterocycles. The van der Waals surface area contributed by atoms with Crippen molar-refractivity contribution in [3.63, 3.8) is 0 Å². The monoisotopic (exact) mass is 386 g/mol. The number of aliphatic imine (C=N–C) groups is 1. The minimum Gasteiger partial charge on any atom is -0.454 e. The van der Waals surface area contributed by atoms with Crippen molar-refractivity contribution in [3.8, 4) is 11.5 Å². The number of carbonyl (C=O) groups is 1. The topological polar surface area (TPSA) is 100 Å². The molecular weight excluding hydrogens is 372 g/mol. The van der Waals surface area contributed by atoms with Gasteiger partial charge in [-0.15, -0.1) is 11.3 Å². The summed E-state index contributed by atoms with van der Waals surface area (Å²) in [5.41, 5.74) is 1.09. The first-order chi connectivity index (χ1) is 13.0. The standard InChI is InChI=1S/C18H14N2O6S/c1-3-15-9(2)4-16(27-15)17-19-11(18(21)26-17)5-10-6-13-14(25-8-24-13)7-12(10)20(22)23/h4-7H,3,8H2,1-2H3/b11-5+. The Morgan fingerprint density at radius 2 is 2.04 bits per heavy atom. The van der Waals surface area contributed by atoms with Crippen LogP contribution in [-0.2, 0) is 16.0 Å². The molecule has 8 nitrogen and oxygen atoms in total. The van der Waals surface area contributed by atoms with Crippen molar-refractivity contribution < 1.29 is 23.9 Å². The van der Waals surface area contributed by atoms with Gasteiger partial charge in [-0.3, -0.25) is 10.1 Å². The maximum Gasteiger partial charge on any atom is 0.363 e. The summed E-state index contributed by atoms with van der Waals surface area (Å²) in [6.45, 7) is 4.03. The summed E-state index contributed by atoms with van der Waals surface area (Å²) in [5, 5.41) is 11.4. The summed E-state index contributed by atoms with van der Waals surface area (Å²) in [6, 6.07) is 4.65. The van der Waals surface area contributed by atoms with Crippen molar-refractivity contribution in [2.24, 2.45) is 4.99 Å². The molecule has 1 aromatic heterocycles. The van der Waals surface area contributed by atoms with E-state index in [-0.39, 0.29) is 29.6 Å². The summed E-state index contributed by atoms with van der Waals surface area (Å²) in [5.74, 6) is 0.233. The molecule has 0 fully saturated rings. The molecule has 3 heterocycles. The van der Waals surface area contributed by atoms with Crippen molar-refractivity contribution in [2.45, 2.75) is 20.3 Å². The highest BCUT2D eigenvalue weighted by molar-refractivity contribution is 7.14. The molecule has 4 rings (SSSR count). The molecule has 0 radical (unpaired) electrons. The quantitative estimate of drug-likeness (QED) is 0.344. The van der Waals surface area contributed by atoms with Crippen LogP contribution in [0.4, 0.5) is 5.69 Å². The number of cyclic esters (lactones) is 1. The van der Waals surface area contributed by atoms with Crippen LogP contribution in [0.25, 0.3) is 6.08 Å². The van der Waals surface area contributed by atoms with Crippen molar-refractivity contribution in [2.75, 3.05) is 6.79 Å². The molecular formula is C18H14N2O6S. The fourth-order valence-electron chi connectivity index (χ4n) is 2.86. The van der Waals surface area contributed by atoms with E-state index in [9.17, 15) is 14.9 Å². The molecule has 0 amide bonds. The van der Waals surface area contributed by atoms with Gasteiger partial charge in [0.1, 0.15) is 0 Å². The number of rotatable bonds is 4. The third-order valence-electron chi connectivity index (χ3n) is 4.18. The first-order valence-electron chi connectivity index (χ1n) is 8.16. The molecule has 9 heteroatoms. The summed E-state index contributed by atoms with van der Waals surface area (Å²) in [7, 11) is 0. The third-order valence-corrected chi connectivity index (χ3v) is 5.55. The van der Waals surface area contributed by atoms with Gasteiger partial charge in [-0.25, -0.2) is 9.79 Å². The van der Waals surface area contributed by atoms with Gasteiger partial charge >= 0.3 is 5.97 Å². The van der Waals surface area contributed by atoms with E-state index in [4.69, 9.17) is 14.2 Å². The van der Waals surface area contributed by atoms with Gasteiger partial charge in [-0.05, 0) is 37.1 Å². The maximum atomic E-state index is 12.2. The molecule has 0 N–H and O–H groups in total. The van der Waals surface area contributed by atoms with Crippen molar-refractivity contribution in [1.82, 2.24) is 0 Å². The highest BCUT2D eigenvalue weighted by Crippen LogP contribution is 2.39. The van der Waals surface area contributed by atoms with Crippen LogP contribution in [0.15, 0.2) is 28.9 Å². The normalized spacial score (nSPS) is 16.6. The Bertz CT molecular complexity index is 1040. The van der Waals surface area contributed by atoms with Crippen molar-refractivity contribution in [3.05, 3.63) is 54.9 Å². The van der Waals surface area contributed by atoms with Gasteiger partial charge in [0, 0.05) is 4.88 Å². The molecule has 2 aliphatic heterocycles. The van der Waals surface area contributed by atoms with Gasteiger partial charge in [0.2, 0.25) is 12.7 Å². The number of aryl methyl sites for hydroxylation is 2. The number of nitrogens with zero attached hydrogens (tertiary/aromatic N) is 2. The Morgan fingerprint density at radius 1 is 1.30 bits per heavy atom. The first-order valence-corrected chi connectivity index (χ1v) is 8.98. The van der Waals surface area contributed by atoms with Gasteiger partial charge in [0.25, 0.3) is 5.69 Å². The minimum absolute atomic E-state index is 0.00364. The number of carbonyl (C=O) groups excluding carboxylic acids is 1. The average Bonchev–Trinajstić information content (AvgIpc) is 3.33. The van der Waals surface area contributed by atoms with E-state index in [1.54, 1.807) is 0 Å². The molecule has 0 bridgehead atoms. The van der Waals surface area contributed by atoms with Crippen LogP contribution in [0.2, 0.25) is 0 Å². The fourth-order valence-corrected chi connectivity index (χ4v) is 3.90. The molecule has 0 unspecified atom stereocenters. The van der Waals surface area contributed by atoms with E-state index in [2.05, 4.69) is 11.9 Å². The van der Waals surface area contributed by atoms with Crippen molar-refractivity contribution >= 4 is 35.0 Å². The molecule has 0 saturated carbocycles. The van der Waals surface area contributed by atoms with Gasteiger partial charge in [-0.2, -0.15) is 0 Å². The van der Waals surface area contributed by atoms with Gasteiger partial charge in [-0.1, -0.05) is 6.92 Å². The van der Waals surface area contributed by atoms with Gasteiger partial charge in [0.05, 0.1) is 21.4 Å². The lowest BCUT2D eigenvalue weighted by atomic mass is 10.1. The van der Waals surface area contributed by atoms with Crippen LogP contribution in [0.3, 0.4) is 0 Å². The predicted molar refractivity (Wildman–Crippen MR) is 98.3 cm³/mol. The maximum absolute atomic E-state index is 12.2. The Kier molecular flexibility index (Phi) is 4.15. The Labute approximate surface area is 157 Å². The summed E-state index contributed by atoms with van der Waals surface area (Å²) in [4.78, 5) is 29.2. The zero-order valence-corrected chi connectivity index (χ0v) is 15.3. The number of nitro groups is 1. The fraction of sp³-hybridized carbons (Fsp3) is 0.222. The van der Waals surface area contributed by atoms with Crippen LogP contribution < -0.4 is 9.47 Å². The molecule has 2 aliphatic rings. The molecule has 138 valence electrons. The summed E-state index contributed by atoms with van der Waals surface area (Å²) < 4.78 is 15.7. The smallest absolute Gasteiger partial charge is 0.363 e. The van der Waals surface area contributed by atoms with Gasteiger partial charge < -0.3 is 14.2 Å². The van der Waals surface area contributed by atoms with Crippen LogP contribution in [0.5, 0.6) is 11.5 Å². The second-order valence-corrected chi connectivity index (χ2v) is 7.06. The number of nitro benzene ring substituents is 1. The number of hydrogen-bond donors (Lipinski definition) is 0. The SMILES string of the molecule is CCc1sc(C2=N/C(=C/c3cc4c(cc3[N+](=O)[O-])OCO4)C(=O)O2)cc1C. The van der Waals surface area contributed by atoms with Crippen LogP contribution in [0, 0.1) is 17.0 Å². The van der Waals surface area contributed by atoms with E-state index in [1.807, 2.05) is 13.0 Å². The van der Waals surface area contributed by atoms with E-state index >= 15 is 0 Å². The number of thiophene rings is 1. The first kappa shape index (κ1) is 17.2. The third kappa shape index (κ3) is 3.06. The summed E-state index contributed by atoms with van der Waals surface area (Å²) in [6.07, 6.45) is 2.21. The lowest BCUT2D eigenvalue weighted by Gasteiger charge is -2.01. The summed E-state index contributed by atoms with van der Waals surface area (Å²) >= 11 is 1.51. The van der Waals surface area contributed by atoms with Gasteiger partial charge in [0.15, 0.2) is 17.2 Å². The number of benzene rings is 1. The minimum atomic E-state index is -0.652. The highest BCUT2D eigenvalue weighted by Gasteiger charge is 2.28. The second-order valence-electron chi connectivity index (χ2n) is 5.93. The van der Waals surface area contributed by atoms with Crippen LogP contribution in [-0.4, -0.2) is 23.6 Å². The van der Waals surface area contributed by atoms with E-state index < -0.39 is 10.9 Å². The van der Waals surface area contributed by atoms with E-state index in [1.165, 1.54) is 34.4 Å². The Balaban J connectivity index is 1.74. The van der Waals surface area contributed by atoms with E-state index in [0.29, 0.717) is 11.5 Å². The molecule has 2 aromatic rings. The van der Waals surface area contributed by atoms with E-state index in [0.717, 1.165) is 16.9 Å². The lowest BCUT2D eigenvalue weighted by Crippen LogP contribution is -2.03. The molecule has 1 aromatic carbocycles. The number of hydrogen-bond acceptors (Lipinski definition) is 8. The Morgan fingerprint density at radius 3 is 2.70 bits per heavy atom. The van der Waals surface area contributed by atoms with Crippen molar-refractivity contribution in [1.29, 1.82) is 0 Å². The zero-order valence-electron chi connectivity index (χ0n) is 14.5. The number of ether oxygens (including phenoxy) is 3. The van der Waals surface area contributed by atoms with Crippen LogP contribution in [0.1, 0.15) is 27.8 Å². The molecule has 0 aliphatic carbocycles. The number of fused-ring (bicyclic) bond motifs is 1. The average molecular weight is 386 g/mol. The number of esters is 1. The molecule has 27 heavy (non-hydrogen) atoms. The predicted octanol–water partition coefficient (Wildman–Crippen LogP) is 3.60. The molecule has 0 atom stereocenters. The lowest BCUT2D eigenvalue weighted by molar-refractivity contribution is -0.385. The van der Waals surface area contributed by atoms with Crippen LogP contribution >= 0.6 is 11.3 Å². The molecule has 0 spiro atoms. The second kappa shape index (κ2) is 6.51. The Hall–Kier alpha value is -3.20. The highest BCUT2D eigenvalue weighted by atomic mass is 32.1. The largest absolute Gasteiger partial charge is 0.454 e. The zero-order chi connectivity index (χ0) is 19.1.